The highest BCUT2D eigenvalue weighted by molar-refractivity contribution is 6.32. The summed E-state index contributed by atoms with van der Waals surface area (Å²) in [7, 11) is 0. The summed E-state index contributed by atoms with van der Waals surface area (Å²) < 4.78 is 19.3. The standard InChI is InChI=1S/C25H20ClFN2O2/c1-16-7-9-21(11-17(16)2)29-25(30)20(14-28)12-18-8-10-24(22(26)13-18)31-15-19-5-3-4-6-23(19)27/h3-13H,15H2,1-2H3,(H,29,30)/b20-12+. The van der Waals surface area contributed by atoms with E-state index in [0.29, 0.717) is 22.6 Å². The van der Waals surface area contributed by atoms with Gasteiger partial charge >= 0.3 is 0 Å². The highest BCUT2D eigenvalue weighted by Crippen LogP contribution is 2.27. The van der Waals surface area contributed by atoms with Gasteiger partial charge in [0.25, 0.3) is 5.91 Å². The minimum Gasteiger partial charge on any atom is -0.487 e. The maximum absolute atomic E-state index is 13.7. The number of ether oxygens (including phenoxy) is 1. The fraction of sp³-hybridized carbons (Fsp3) is 0.120. The van der Waals surface area contributed by atoms with Crippen molar-refractivity contribution >= 4 is 29.3 Å². The summed E-state index contributed by atoms with van der Waals surface area (Å²) in [6, 6.07) is 18.6. The van der Waals surface area contributed by atoms with E-state index in [4.69, 9.17) is 16.3 Å². The predicted octanol–water partition coefficient (Wildman–Crippen LogP) is 6.22. The molecule has 0 spiro atoms. The third-order valence-electron chi connectivity index (χ3n) is 4.74. The zero-order chi connectivity index (χ0) is 22.4. The maximum atomic E-state index is 13.7. The van der Waals surface area contributed by atoms with Crippen molar-refractivity contribution in [1.82, 2.24) is 0 Å². The Hall–Kier alpha value is -3.62. The van der Waals surface area contributed by atoms with Gasteiger partial charge in [0.15, 0.2) is 0 Å². The molecule has 0 saturated heterocycles. The molecule has 3 aromatic rings. The smallest absolute Gasteiger partial charge is 0.266 e. The quantitative estimate of drug-likeness (QED) is 0.370. The van der Waals surface area contributed by atoms with Gasteiger partial charge in [-0.05, 0) is 66.9 Å². The number of benzene rings is 3. The highest BCUT2D eigenvalue weighted by atomic mass is 35.5. The van der Waals surface area contributed by atoms with Gasteiger partial charge in [0.05, 0.1) is 5.02 Å². The Morgan fingerprint density at radius 2 is 1.90 bits per heavy atom. The number of nitrogens with one attached hydrogen (secondary N) is 1. The van der Waals surface area contributed by atoms with Gasteiger partial charge < -0.3 is 10.1 Å². The van der Waals surface area contributed by atoms with Crippen LogP contribution in [-0.2, 0) is 11.4 Å². The Bertz CT molecular complexity index is 1200. The van der Waals surface area contributed by atoms with Crippen LogP contribution in [0, 0.1) is 31.0 Å². The largest absolute Gasteiger partial charge is 0.487 e. The van der Waals surface area contributed by atoms with E-state index in [1.54, 1.807) is 42.5 Å². The summed E-state index contributed by atoms with van der Waals surface area (Å²) in [6.45, 7) is 3.96. The number of hydrogen-bond acceptors (Lipinski definition) is 3. The van der Waals surface area contributed by atoms with Crippen molar-refractivity contribution in [3.8, 4) is 11.8 Å². The van der Waals surface area contributed by atoms with E-state index in [1.807, 2.05) is 32.0 Å². The third-order valence-corrected chi connectivity index (χ3v) is 5.03. The Balaban J connectivity index is 1.72. The van der Waals surface area contributed by atoms with Crippen LogP contribution < -0.4 is 10.1 Å². The number of aryl methyl sites for hydroxylation is 2. The molecule has 0 aliphatic rings. The molecule has 0 unspecified atom stereocenters. The summed E-state index contributed by atoms with van der Waals surface area (Å²) in [5.74, 6) is -0.492. The number of carbonyl (C=O) groups is 1. The SMILES string of the molecule is Cc1ccc(NC(=O)/C(C#N)=C/c2ccc(OCc3ccccc3F)c(Cl)c2)cc1C. The Morgan fingerprint density at radius 1 is 1.13 bits per heavy atom. The van der Waals surface area contributed by atoms with Crippen LogP contribution in [-0.4, -0.2) is 5.91 Å². The van der Waals surface area contributed by atoms with E-state index in [0.717, 1.165) is 11.1 Å². The van der Waals surface area contributed by atoms with Gasteiger partial charge in [-0.2, -0.15) is 5.26 Å². The molecule has 0 heterocycles. The zero-order valence-electron chi connectivity index (χ0n) is 17.1. The van der Waals surface area contributed by atoms with Crippen LogP contribution in [0.1, 0.15) is 22.3 Å². The van der Waals surface area contributed by atoms with E-state index in [9.17, 15) is 14.4 Å². The van der Waals surface area contributed by atoms with Gasteiger partial charge in [-0.25, -0.2) is 4.39 Å². The summed E-state index contributed by atoms with van der Waals surface area (Å²) in [4.78, 5) is 12.5. The predicted molar refractivity (Wildman–Crippen MR) is 120 cm³/mol. The highest BCUT2D eigenvalue weighted by Gasteiger charge is 2.11. The second kappa shape index (κ2) is 9.92. The van der Waals surface area contributed by atoms with Crippen LogP contribution >= 0.6 is 11.6 Å². The summed E-state index contributed by atoms with van der Waals surface area (Å²) in [5.41, 5.74) is 3.69. The first kappa shape index (κ1) is 22.1. The van der Waals surface area contributed by atoms with Crippen molar-refractivity contribution in [2.24, 2.45) is 0 Å². The molecule has 3 aromatic carbocycles. The van der Waals surface area contributed by atoms with E-state index in [-0.39, 0.29) is 23.0 Å². The Labute approximate surface area is 185 Å². The Kier molecular flexibility index (Phi) is 7.07. The number of halogens is 2. The molecule has 0 radical (unpaired) electrons. The number of anilines is 1. The van der Waals surface area contributed by atoms with Crippen molar-refractivity contribution in [2.75, 3.05) is 5.32 Å². The van der Waals surface area contributed by atoms with Crippen LogP contribution in [0.3, 0.4) is 0 Å². The van der Waals surface area contributed by atoms with Gasteiger partial charge in [-0.15, -0.1) is 0 Å². The molecule has 0 aromatic heterocycles. The first-order chi connectivity index (χ1) is 14.9. The minimum absolute atomic E-state index is 0.0311. The number of nitriles is 1. The first-order valence-corrected chi connectivity index (χ1v) is 9.91. The van der Waals surface area contributed by atoms with Crippen molar-refractivity contribution in [3.63, 3.8) is 0 Å². The number of hydrogen-bond donors (Lipinski definition) is 1. The lowest BCUT2D eigenvalue weighted by molar-refractivity contribution is -0.112. The van der Waals surface area contributed by atoms with Gasteiger partial charge in [-0.1, -0.05) is 41.9 Å². The molecular formula is C25H20ClFN2O2. The van der Waals surface area contributed by atoms with Crippen molar-refractivity contribution < 1.29 is 13.9 Å². The topological polar surface area (TPSA) is 62.1 Å². The molecule has 31 heavy (non-hydrogen) atoms. The maximum Gasteiger partial charge on any atom is 0.266 e. The van der Waals surface area contributed by atoms with Crippen molar-refractivity contribution in [2.45, 2.75) is 20.5 Å². The summed E-state index contributed by atoms with van der Waals surface area (Å²) in [6.07, 6.45) is 1.45. The van der Waals surface area contributed by atoms with E-state index < -0.39 is 5.91 Å². The second-order valence-corrected chi connectivity index (χ2v) is 7.40. The summed E-state index contributed by atoms with van der Waals surface area (Å²) in [5, 5.41) is 12.4. The van der Waals surface area contributed by atoms with Crippen molar-refractivity contribution in [1.29, 1.82) is 5.26 Å². The van der Waals surface area contributed by atoms with E-state index >= 15 is 0 Å². The van der Waals surface area contributed by atoms with Crippen LogP contribution in [0.4, 0.5) is 10.1 Å². The average molecular weight is 435 g/mol. The average Bonchev–Trinajstić information content (AvgIpc) is 2.75. The lowest BCUT2D eigenvalue weighted by Crippen LogP contribution is -2.13. The zero-order valence-corrected chi connectivity index (χ0v) is 17.8. The first-order valence-electron chi connectivity index (χ1n) is 9.53. The molecule has 0 aliphatic carbocycles. The minimum atomic E-state index is -0.512. The van der Waals surface area contributed by atoms with Crippen molar-refractivity contribution in [3.05, 3.63) is 99.3 Å². The molecule has 156 valence electrons. The van der Waals surface area contributed by atoms with Crippen LogP contribution in [0.15, 0.2) is 66.2 Å². The second-order valence-electron chi connectivity index (χ2n) is 6.99. The lowest BCUT2D eigenvalue weighted by Gasteiger charge is -2.10. The number of rotatable bonds is 6. The van der Waals surface area contributed by atoms with E-state index in [1.165, 1.54) is 12.1 Å². The van der Waals surface area contributed by atoms with Crippen LogP contribution in [0.2, 0.25) is 5.02 Å². The van der Waals surface area contributed by atoms with Gasteiger partial charge in [0.2, 0.25) is 0 Å². The molecule has 1 N–H and O–H groups in total. The molecule has 4 nitrogen and oxygen atoms in total. The third kappa shape index (κ3) is 5.71. The van der Waals surface area contributed by atoms with Gasteiger partial charge in [0.1, 0.15) is 29.8 Å². The monoisotopic (exact) mass is 434 g/mol. The molecule has 0 aliphatic heterocycles. The molecule has 0 bridgehead atoms. The number of carbonyl (C=O) groups excluding carboxylic acids is 1. The number of amides is 1. The lowest BCUT2D eigenvalue weighted by atomic mass is 10.1. The molecule has 6 heteroatoms. The molecule has 3 rings (SSSR count). The number of nitrogens with zero attached hydrogens (tertiary/aromatic N) is 1. The molecular weight excluding hydrogens is 415 g/mol. The van der Waals surface area contributed by atoms with Crippen LogP contribution in [0.5, 0.6) is 5.75 Å². The fourth-order valence-electron chi connectivity index (χ4n) is 2.83. The van der Waals surface area contributed by atoms with E-state index in [2.05, 4.69) is 5.32 Å². The summed E-state index contributed by atoms with van der Waals surface area (Å²) >= 11 is 6.27. The fourth-order valence-corrected chi connectivity index (χ4v) is 3.07. The Morgan fingerprint density at radius 3 is 2.58 bits per heavy atom. The van der Waals surface area contributed by atoms with Crippen LogP contribution in [0.25, 0.3) is 6.08 Å². The molecule has 1 amide bonds. The van der Waals surface area contributed by atoms with Gasteiger partial charge in [-0.3, -0.25) is 4.79 Å². The van der Waals surface area contributed by atoms with Gasteiger partial charge in [0, 0.05) is 11.3 Å². The normalized spacial score (nSPS) is 11.0. The molecule has 0 atom stereocenters. The molecule has 0 saturated carbocycles. The molecule has 0 fully saturated rings.